The second kappa shape index (κ2) is 11.2. The topological polar surface area (TPSA) is 53.4 Å². The van der Waals surface area contributed by atoms with Gasteiger partial charge in [0.05, 0.1) is 6.33 Å². The third-order valence-corrected chi connectivity index (χ3v) is 6.46. The maximum Gasteiger partial charge on any atom is 0.255 e. The van der Waals surface area contributed by atoms with Gasteiger partial charge in [-0.3, -0.25) is 4.79 Å². The predicted octanol–water partition coefficient (Wildman–Crippen LogP) is 5.45. The zero-order chi connectivity index (χ0) is 24.6. The number of hydrogen-bond acceptors (Lipinski definition) is 4. The number of aromatic nitrogens is 2. The summed E-state index contributed by atoms with van der Waals surface area (Å²) in [5, 5.41) is 0. The van der Waals surface area contributed by atoms with E-state index in [9.17, 15) is 4.79 Å². The highest BCUT2D eigenvalue weighted by atomic mass is 16.7. The smallest absolute Gasteiger partial charge is 0.255 e. The minimum atomic E-state index is -0.718. The first-order valence-electron chi connectivity index (χ1n) is 12.3. The standard InChI is InChI=1S/C31H28N2O3/c34-29(19-12-22-36-30-20-10-11-21-35-30)28-23-33(24-32-28)31(25-13-4-1-5-14-25,26-15-6-2-7-16-26)27-17-8-3-9-18-27/h1-9,13-18,23-24,30H,10-11,20-22H2. The van der Waals surface area contributed by atoms with Crippen LogP contribution in [0.15, 0.2) is 104 Å². The van der Waals surface area contributed by atoms with Crippen LogP contribution in [-0.2, 0) is 15.0 Å². The van der Waals surface area contributed by atoms with Gasteiger partial charge in [-0.1, -0.05) is 96.9 Å². The summed E-state index contributed by atoms with van der Waals surface area (Å²) in [4.78, 5) is 17.4. The van der Waals surface area contributed by atoms with Gasteiger partial charge in [-0.25, -0.2) is 4.98 Å². The van der Waals surface area contributed by atoms with E-state index in [0.717, 1.165) is 36.0 Å². The third-order valence-electron chi connectivity index (χ3n) is 6.46. The van der Waals surface area contributed by atoms with Crippen molar-refractivity contribution in [2.24, 2.45) is 0 Å². The lowest BCUT2D eigenvalue weighted by Crippen LogP contribution is -2.37. The van der Waals surface area contributed by atoms with Gasteiger partial charge < -0.3 is 14.0 Å². The van der Waals surface area contributed by atoms with Crippen molar-refractivity contribution >= 4 is 5.78 Å². The number of ether oxygens (including phenoxy) is 2. The van der Waals surface area contributed by atoms with Crippen LogP contribution >= 0.6 is 0 Å². The maximum absolute atomic E-state index is 12.9. The average molecular weight is 477 g/mol. The molecule has 0 saturated carbocycles. The average Bonchev–Trinajstić information content (AvgIpc) is 3.45. The summed E-state index contributed by atoms with van der Waals surface area (Å²) in [6.07, 6.45) is 6.28. The van der Waals surface area contributed by atoms with E-state index >= 15 is 0 Å². The van der Waals surface area contributed by atoms with E-state index in [1.165, 1.54) is 0 Å². The molecule has 36 heavy (non-hydrogen) atoms. The Hall–Kier alpha value is -3.98. The second-order valence-corrected chi connectivity index (χ2v) is 8.71. The first kappa shape index (κ1) is 23.7. The fraction of sp³-hybridized carbons (Fsp3) is 0.226. The lowest BCUT2D eigenvalue weighted by molar-refractivity contribution is -0.154. The van der Waals surface area contributed by atoms with Gasteiger partial charge in [0.1, 0.15) is 17.8 Å². The van der Waals surface area contributed by atoms with Gasteiger partial charge in [0.15, 0.2) is 6.29 Å². The molecular formula is C31H28N2O3. The van der Waals surface area contributed by atoms with Crippen LogP contribution in [0.25, 0.3) is 0 Å². The summed E-state index contributed by atoms with van der Waals surface area (Å²) in [7, 11) is 0. The fourth-order valence-corrected chi connectivity index (χ4v) is 4.77. The molecule has 180 valence electrons. The molecule has 0 bridgehead atoms. The summed E-state index contributed by atoms with van der Waals surface area (Å²) >= 11 is 0. The molecule has 1 aliphatic heterocycles. The molecule has 4 aromatic rings. The Labute approximate surface area is 211 Å². The van der Waals surface area contributed by atoms with Crippen LogP contribution in [0.1, 0.15) is 46.4 Å². The molecule has 0 radical (unpaired) electrons. The predicted molar refractivity (Wildman–Crippen MR) is 138 cm³/mol. The summed E-state index contributed by atoms with van der Waals surface area (Å²) in [6.45, 7) is 0.861. The SMILES string of the molecule is O=C(C#CCOC1CCCCO1)c1cn(C(c2ccccc2)(c2ccccc2)c2ccccc2)cn1. The van der Waals surface area contributed by atoms with Crippen molar-refractivity contribution in [1.82, 2.24) is 9.55 Å². The van der Waals surface area contributed by atoms with E-state index in [4.69, 9.17) is 9.47 Å². The Balaban J connectivity index is 1.51. The molecule has 5 nitrogen and oxygen atoms in total. The molecular weight excluding hydrogens is 448 g/mol. The van der Waals surface area contributed by atoms with Gasteiger partial charge in [0.2, 0.25) is 0 Å². The number of Topliss-reactive ketones (excluding diaryl/α,β-unsaturated/α-hetero) is 1. The van der Waals surface area contributed by atoms with Gasteiger partial charge >= 0.3 is 0 Å². The number of carbonyl (C=O) groups is 1. The number of rotatable bonds is 7. The van der Waals surface area contributed by atoms with E-state index in [2.05, 4.69) is 53.2 Å². The molecule has 1 aliphatic rings. The summed E-state index contributed by atoms with van der Waals surface area (Å²) in [5.74, 6) is 5.16. The van der Waals surface area contributed by atoms with Crippen LogP contribution in [-0.4, -0.2) is 34.8 Å². The Morgan fingerprint density at radius 1 is 0.917 bits per heavy atom. The zero-order valence-corrected chi connectivity index (χ0v) is 20.0. The minimum Gasteiger partial charge on any atom is -0.353 e. The fourth-order valence-electron chi connectivity index (χ4n) is 4.77. The third kappa shape index (κ3) is 4.87. The lowest BCUT2D eigenvalue weighted by Gasteiger charge is -2.37. The largest absolute Gasteiger partial charge is 0.353 e. The van der Waals surface area contributed by atoms with Gasteiger partial charge in [-0.05, 0) is 41.9 Å². The molecule has 0 spiro atoms. The quantitative estimate of drug-likeness (QED) is 0.154. The van der Waals surface area contributed by atoms with Crippen molar-refractivity contribution in [2.75, 3.05) is 13.2 Å². The van der Waals surface area contributed by atoms with Crippen molar-refractivity contribution in [3.63, 3.8) is 0 Å². The number of ketones is 1. The first-order valence-corrected chi connectivity index (χ1v) is 12.3. The highest BCUT2D eigenvalue weighted by Gasteiger charge is 2.38. The maximum atomic E-state index is 12.9. The molecule has 1 atom stereocenters. The number of carbonyl (C=O) groups excluding carboxylic acids is 1. The van der Waals surface area contributed by atoms with E-state index in [0.29, 0.717) is 12.3 Å². The van der Waals surface area contributed by atoms with Crippen LogP contribution < -0.4 is 0 Å². The van der Waals surface area contributed by atoms with Crippen LogP contribution in [0.3, 0.4) is 0 Å². The van der Waals surface area contributed by atoms with E-state index in [1.807, 2.05) is 59.2 Å². The monoisotopic (exact) mass is 476 g/mol. The van der Waals surface area contributed by atoms with Crippen LogP contribution in [0.5, 0.6) is 0 Å². The lowest BCUT2D eigenvalue weighted by atomic mass is 9.77. The van der Waals surface area contributed by atoms with E-state index in [1.54, 1.807) is 12.5 Å². The highest BCUT2D eigenvalue weighted by molar-refractivity contribution is 6.07. The molecule has 1 aromatic heterocycles. The Bertz CT molecular complexity index is 1240. The van der Waals surface area contributed by atoms with Crippen LogP contribution in [0.4, 0.5) is 0 Å². The van der Waals surface area contributed by atoms with Crippen molar-refractivity contribution in [3.05, 3.63) is 126 Å². The number of nitrogens with zero attached hydrogens (tertiary/aromatic N) is 2. The molecule has 0 amide bonds. The Morgan fingerprint density at radius 3 is 2.03 bits per heavy atom. The number of hydrogen-bond donors (Lipinski definition) is 0. The van der Waals surface area contributed by atoms with Crippen molar-refractivity contribution < 1.29 is 14.3 Å². The molecule has 1 saturated heterocycles. The molecule has 0 N–H and O–H groups in total. The Kier molecular flexibility index (Phi) is 7.37. The summed E-state index contributed by atoms with van der Waals surface area (Å²) in [6, 6.07) is 30.8. The normalized spacial score (nSPS) is 15.6. The molecule has 1 unspecified atom stereocenters. The van der Waals surface area contributed by atoms with Crippen molar-refractivity contribution in [2.45, 2.75) is 31.1 Å². The summed E-state index contributed by atoms with van der Waals surface area (Å²) < 4.78 is 13.2. The zero-order valence-electron chi connectivity index (χ0n) is 20.0. The van der Waals surface area contributed by atoms with E-state index < -0.39 is 5.54 Å². The molecule has 2 heterocycles. The Morgan fingerprint density at radius 2 is 1.50 bits per heavy atom. The van der Waals surface area contributed by atoms with Crippen molar-refractivity contribution in [3.8, 4) is 11.8 Å². The van der Waals surface area contributed by atoms with Crippen molar-refractivity contribution in [1.29, 1.82) is 0 Å². The summed E-state index contributed by atoms with van der Waals surface area (Å²) in [5.41, 5.74) is 2.76. The van der Waals surface area contributed by atoms with Gasteiger partial charge in [-0.2, -0.15) is 0 Å². The molecule has 5 rings (SSSR count). The number of benzene rings is 3. The first-order chi connectivity index (χ1) is 17.8. The second-order valence-electron chi connectivity index (χ2n) is 8.71. The van der Waals surface area contributed by atoms with Gasteiger partial charge in [0.25, 0.3) is 5.78 Å². The number of imidazole rings is 1. The molecule has 0 aliphatic carbocycles. The van der Waals surface area contributed by atoms with E-state index in [-0.39, 0.29) is 18.7 Å². The van der Waals surface area contributed by atoms with Gasteiger partial charge in [-0.15, -0.1) is 0 Å². The van der Waals surface area contributed by atoms with Crippen LogP contribution in [0.2, 0.25) is 0 Å². The molecule has 5 heteroatoms. The molecule has 3 aromatic carbocycles. The van der Waals surface area contributed by atoms with Gasteiger partial charge in [0, 0.05) is 12.8 Å². The van der Waals surface area contributed by atoms with Crippen LogP contribution in [0, 0.1) is 11.8 Å². The highest BCUT2D eigenvalue weighted by Crippen LogP contribution is 2.40. The molecule has 1 fully saturated rings. The minimum absolute atomic E-state index is 0.152.